The zero-order chi connectivity index (χ0) is 13.2. The summed E-state index contributed by atoms with van der Waals surface area (Å²) in [6.45, 7) is 11.8. The minimum absolute atomic E-state index is 0.0901. The van der Waals surface area contributed by atoms with Crippen LogP contribution in [0.5, 0.6) is 0 Å². The maximum absolute atomic E-state index is 12.1. The molecular formula is C13H27N3O. The van der Waals surface area contributed by atoms with Crippen molar-refractivity contribution in [3.8, 4) is 0 Å². The summed E-state index contributed by atoms with van der Waals surface area (Å²) in [6, 6.07) is 0.253. The lowest BCUT2D eigenvalue weighted by atomic mass is 10.0. The number of likely N-dealkylation sites (tertiary alicyclic amines) is 1. The largest absolute Gasteiger partial charge is 0.350 e. The van der Waals surface area contributed by atoms with Crippen LogP contribution in [0.25, 0.3) is 0 Å². The highest BCUT2D eigenvalue weighted by Gasteiger charge is 2.36. The molecule has 1 aliphatic heterocycles. The lowest BCUT2D eigenvalue weighted by molar-refractivity contribution is -0.127. The monoisotopic (exact) mass is 241 g/mol. The Labute approximate surface area is 105 Å². The summed E-state index contributed by atoms with van der Waals surface area (Å²) in [7, 11) is 0. The van der Waals surface area contributed by atoms with E-state index in [1.807, 2.05) is 27.7 Å². The molecule has 1 amide bonds. The topological polar surface area (TPSA) is 58.4 Å². The highest BCUT2D eigenvalue weighted by atomic mass is 16.2. The molecule has 0 aliphatic carbocycles. The molecule has 3 N–H and O–H groups in total. The molecule has 1 aliphatic rings. The fraction of sp³-hybridized carbons (Fsp3) is 0.923. The first kappa shape index (κ1) is 14.5. The van der Waals surface area contributed by atoms with E-state index in [1.165, 1.54) is 0 Å². The number of nitrogens with one attached hydrogen (secondary N) is 1. The van der Waals surface area contributed by atoms with Crippen molar-refractivity contribution in [2.75, 3.05) is 13.1 Å². The van der Waals surface area contributed by atoms with Crippen molar-refractivity contribution in [1.29, 1.82) is 0 Å². The van der Waals surface area contributed by atoms with E-state index >= 15 is 0 Å². The van der Waals surface area contributed by atoms with Crippen LogP contribution in [0, 0.1) is 5.92 Å². The Balaban J connectivity index is 2.63. The molecule has 3 unspecified atom stereocenters. The predicted molar refractivity (Wildman–Crippen MR) is 70.7 cm³/mol. The number of hydrogen-bond acceptors (Lipinski definition) is 3. The zero-order valence-corrected chi connectivity index (χ0v) is 11.8. The Hall–Kier alpha value is -0.610. The second-order valence-electron chi connectivity index (χ2n) is 6.22. The van der Waals surface area contributed by atoms with Crippen LogP contribution in [0.1, 0.15) is 41.0 Å². The number of carbonyl (C=O) groups is 1. The third kappa shape index (κ3) is 3.68. The van der Waals surface area contributed by atoms with Gasteiger partial charge < -0.3 is 11.1 Å². The van der Waals surface area contributed by atoms with Crippen LogP contribution in [-0.4, -0.2) is 41.5 Å². The van der Waals surface area contributed by atoms with Crippen LogP contribution in [0.3, 0.4) is 0 Å². The molecule has 0 radical (unpaired) electrons. The van der Waals surface area contributed by atoms with Crippen LogP contribution in [0.2, 0.25) is 0 Å². The lowest BCUT2D eigenvalue weighted by Crippen LogP contribution is -2.53. The average Bonchev–Trinajstić information content (AvgIpc) is 2.55. The summed E-state index contributed by atoms with van der Waals surface area (Å²) in [6.07, 6.45) is 1.13. The molecule has 4 heteroatoms. The molecule has 3 atom stereocenters. The third-order valence-electron chi connectivity index (χ3n) is 3.54. The second-order valence-corrected chi connectivity index (χ2v) is 6.22. The molecule has 0 saturated carbocycles. The van der Waals surface area contributed by atoms with E-state index in [-0.39, 0.29) is 17.5 Å². The van der Waals surface area contributed by atoms with Gasteiger partial charge >= 0.3 is 0 Å². The maximum Gasteiger partial charge on any atom is 0.237 e. The molecule has 0 spiro atoms. The highest BCUT2D eigenvalue weighted by Crippen LogP contribution is 2.25. The van der Waals surface area contributed by atoms with Gasteiger partial charge in [-0.15, -0.1) is 0 Å². The van der Waals surface area contributed by atoms with Gasteiger partial charge in [-0.05, 0) is 46.6 Å². The molecule has 17 heavy (non-hydrogen) atoms. The van der Waals surface area contributed by atoms with Gasteiger partial charge in [0.05, 0.1) is 6.04 Å². The highest BCUT2D eigenvalue weighted by molar-refractivity contribution is 5.82. The van der Waals surface area contributed by atoms with E-state index in [0.717, 1.165) is 13.0 Å². The zero-order valence-electron chi connectivity index (χ0n) is 11.8. The van der Waals surface area contributed by atoms with Gasteiger partial charge in [-0.3, -0.25) is 9.69 Å². The summed E-state index contributed by atoms with van der Waals surface area (Å²) in [5.74, 6) is 0.690. The Morgan fingerprint density at radius 2 is 2.12 bits per heavy atom. The SMILES string of the molecule is CC1CCN(C(C)C(=O)NC(C)(C)C)C1CN. The fourth-order valence-corrected chi connectivity index (χ4v) is 2.51. The van der Waals surface area contributed by atoms with Gasteiger partial charge in [0.2, 0.25) is 5.91 Å². The van der Waals surface area contributed by atoms with Crippen molar-refractivity contribution >= 4 is 5.91 Å². The van der Waals surface area contributed by atoms with Gasteiger partial charge in [-0.25, -0.2) is 0 Å². The van der Waals surface area contributed by atoms with Crippen molar-refractivity contribution in [2.24, 2.45) is 11.7 Å². The fourth-order valence-electron chi connectivity index (χ4n) is 2.51. The first-order valence-electron chi connectivity index (χ1n) is 6.54. The average molecular weight is 241 g/mol. The van der Waals surface area contributed by atoms with E-state index in [1.54, 1.807) is 0 Å². The van der Waals surface area contributed by atoms with Gasteiger partial charge in [0, 0.05) is 18.1 Å². The Bertz CT molecular complexity index is 272. The quantitative estimate of drug-likeness (QED) is 0.774. The lowest BCUT2D eigenvalue weighted by Gasteiger charge is -2.32. The molecule has 0 aromatic carbocycles. The number of carbonyl (C=O) groups excluding carboxylic acids is 1. The van der Waals surface area contributed by atoms with Gasteiger partial charge in [0.15, 0.2) is 0 Å². The van der Waals surface area contributed by atoms with Gasteiger partial charge in [0.1, 0.15) is 0 Å². The van der Waals surface area contributed by atoms with E-state index in [4.69, 9.17) is 5.73 Å². The number of nitrogens with two attached hydrogens (primary N) is 1. The minimum Gasteiger partial charge on any atom is -0.350 e. The molecule has 0 aromatic rings. The van der Waals surface area contributed by atoms with Crippen molar-refractivity contribution in [3.05, 3.63) is 0 Å². The van der Waals surface area contributed by atoms with E-state index < -0.39 is 0 Å². The van der Waals surface area contributed by atoms with Gasteiger partial charge in [-0.2, -0.15) is 0 Å². The molecule has 1 rings (SSSR count). The van der Waals surface area contributed by atoms with Crippen molar-refractivity contribution in [1.82, 2.24) is 10.2 Å². The first-order valence-corrected chi connectivity index (χ1v) is 6.54. The van der Waals surface area contributed by atoms with Crippen LogP contribution < -0.4 is 11.1 Å². The standard InChI is InChI=1S/C13H27N3O/c1-9-6-7-16(11(9)8-14)10(2)12(17)15-13(3,4)5/h9-11H,6-8,14H2,1-5H3,(H,15,17). The van der Waals surface area contributed by atoms with E-state index in [0.29, 0.717) is 18.5 Å². The minimum atomic E-state index is -0.172. The van der Waals surface area contributed by atoms with E-state index in [9.17, 15) is 4.79 Å². The summed E-state index contributed by atoms with van der Waals surface area (Å²) >= 11 is 0. The normalized spacial score (nSPS) is 28.1. The molecular weight excluding hydrogens is 214 g/mol. The van der Waals surface area contributed by atoms with Gasteiger partial charge in [0.25, 0.3) is 0 Å². The van der Waals surface area contributed by atoms with Gasteiger partial charge in [-0.1, -0.05) is 6.92 Å². The maximum atomic E-state index is 12.1. The second kappa shape index (κ2) is 5.36. The van der Waals surface area contributed by atoms with Crippen molar-refractivity contribution in [3.63, 3.8) is 0 Å². The summed E-state index contributed by atoms with van der Waals surface area (Å²) in [5, 5.41) is 3.03. The molecule has 1 saturated heterocycles. The Morgan fingerprint density at radius 3 is 2.59 bits per heavy atom. The van der Waals surface area contributed by atoms with Crippen LogP contribution >= 0.6 is 0 Å². The predicted octanol–water partition coefficient (Wildman–Crippen LogP) is 0.959. The van der Waals surface area contributed by atoms with Crippen molar-refractivity contribution < 1.29 is 4.79 Å². The molecule has 1 heterocycles. The Kier molecular flexibility index (Phi) is 4.55. The summed E-state index contributed by atoms with van der Waals surface area (Å²) in [4.78, 5) is 14.4. The number of nitrogens with zero attached hydrogens (tertiary/aromatic N) is 1. The molecule has 4 nitrogen and oxygen atoms in total. The smallest absolute Gasteiger partial charge is 0.237 e. The van der Waals surface area contributed by atoms with E-state index in [2.05, 4.69) is 17.1 Å². The molecule has 100 valence electrons. The number of hydrogen-bond donors (Lipinski definition) is 2. The van der Waals surface area contributed by atoms with Crippen molar-refractivity contribution in [2.45, 2.75) is 58.7 Å². The first-order chi connectivity index (χ1) is 7.76. The number of amides is 1. The Morgan fingerprint density at radius 1 is 1.53 bits per heavy atom. The van der Waals surface area contributed by atoms with Crippen LogP contribution in [0.4, 0.5) is 0 Å². The molecule has 0 bridgehead atoms. The third-order valence-corrected chi connectivity index (χ3v) is 3.54. The molecule has 0 aromatic heterocycles. The summed E-state index contributed by atoms with van der Waals surface area (Å²) < 4.78 is 0. The van der Waals surface area contributed by atoms with Crippen LogP contribution in [-0.2, 0) is 4.79 Å². The molecule has 1 fully saturated rings. The number of rotatable bonds is 3. The summed E-state index contributed by atoms with van der Waals surface area (Å²) in [5.41, 5.74) is 5.63. The van der Waals surface area contributed by atoms with Crippen LogP contribution in [0.15, 0.2) is 0 Å².